The van der Waals surface area contributed by atoms with E-state index in [4.69, 9.17) is 4.74 Å². The topological polar surface area (TPSA) is 56.1 Å². The Bertz CT molecular complexity index is 1340. The number of thiophene rings is 1. The number of fused-ring (bicyclic) bond motifs is 6. The number of hydrogen-bond donors (Lipinski definition) is 1. The van der Waals surface area contributed by atoms with Crippen LogP contribution in [0, 0.1) is 5.92 Å². The molecule has 5 nitrogen and oxygen atoms in total. The molecule has 0 bridgehead atoms. The molecule has 0 radical (unpaired) electrons. The van der Waals surface area contributed by atoms with Gasteiger partial charge in [-0.15, -0.1) is 11.3 Å². The molecule has 6 rings (SSSR count). The van der Waals surface area contributed by atoms with Crippen molar-refractivity contribution in [1.29, 1.82) is 0 Å². The van der Waals surface area contributed by atoms with Crippen molar-refractivity contribution < 1.29 is 4.74 Å². The van der Waals surface area contributed by atoms with E-state index >= 15 is 0 Å². The Labute approximate surface area is 184 Å². The normalized spacial score (nSPS) is 22.5. The molecule has 2 aliphatic rings. The Morgan fingerprint density at radius 3 is 3.03 bits per heavy atom. The Morgan fingerprint density at radius 1 is 1.23 bits per heavy atom. The van der Waals surface area contributed by atoms with Crippen LogP contribution in [0.2, 0.25) is 0 Å². The lowest BCUT2D eigenvalue weighted by atomic mass is 9.73. The highest BCUT2D eigenvalue weighted by atomic mass is 32.1. The van der Waals surface area contributed by atoms with Crippen LogP contribution in [-0.2, 0) is 13.0 Å². The van der Waals surface area contributed by atoms with Crippen molar-refractivity contribution in [2.75, 3.05) is 13.7 Å². The van der Waals surface area contributed by atoms with E-state index in [0.717, 1.165) is 45.4 Å². The molecule has 31 heavy (non-hydrogen) atoms. The summed E-state index contributed by atoms with van der Waals surface area (Å²) in [5, 5.41) is 4.82. The second kappa shape index (κ2) is 7.46. The molecule has 6 heteroatoms. The highest BCUT2D eigenvalue weighted by Gasteiger charge is 2.40. The Hall–Kier alpha value is -2.70. The van der Waals surface area contributed by atoms with Crippen molar-refractivity contribution in [2.45, 2.75) is 37.8 Å². The first-order valence-electron chi connectivity index (χ1n) is 11.0. The van der Waals surface area contributed by atoms with Gasteiger partial charge >= 0.3 is 0 Å². The number of ether oxygens (including phenoxy) is 1. The van der Waals surface area contributed by atoms with E-state index in [1.54, 1.807) is 29.3 Å². The molecular formula is C25H25N3O2S. The summed E-state index contributed by atoms with van der Waals surface area (Å²) in [7, 11) is 1.76. The van der Waals surface area contributed by atoms with Crippen LogP contribution >= 0.6 is 11.3 Å². The molecule has 2 aromatic carbocycles. The van der Waals surface area contributed by atoms with Crippen molar-refractivity contribution in [3.63, 3.8) is 0 Å². The molecule has 3 heterocycles. The molecule has 1 fully saturated rings. The van der Waals surface area contributed by atoms with Gasteiger partial charge in [0.15, 0.2) is 0 Å². The van der Waals surface area contributed by atoms with Gasteiger partial charge in [0.25, 0.3) is 5.56 Å². The third-order valence-corrected chi connectivity index (χ3v) is 8.28. The van der Waals surface area contributed by atoms with Crippen LogP contribution in [-0.4, -0.2) is 29.2 Å². The predicted molar refractivity (Wildman–Crippen MR) is 125 cm³/mol. The lowest BCUT2D eigenvalue weighted by Gasteiger charge is -2.32. The number of hydrogen-bond acceptors (Lipinski definition) is 5. The fraction of sp³-hybridized carbons (Fsp3) is 0.360. The summed E-state index contributed by atoms with van der Waals surface area (Å²) in [5.74, 6) is 2.15. The molecule has 1 unspecified atom stereocenters. The zero-order valence-electron chi connectivity index (χ0n) is 17.5. The van der Waals surface area contributed by atoms with Gasteiger partial charge in [0, 0.05) is 28.6 Å². The van der Waals surface area contributed by atoms with E-state index in [2.05, 4.69) is 34.6 Å². The first-order valence-corrected chi connectivity index (χ1v) is 11.8. The summed E-state index contributed by atoms with van der Waals surface area (Å²) in [4.78, 5) is 17.8. The smallest absolute Gasteiger partial charge is 0.271 e. The molecule has 2 aromatic heterocycles. The fourth-order valence-corrected chi connectivity index (χ4v) is 6.76. The molecule has 0 amide bonds. The van der Waals surface area contributed by atoms with E-state index in [0.29, 0.717) is 24.4 Å². The van der Waals surface area contributed by atoms with Crippen LogP contribution in [0.4, 0.5) is 0 Å². The predicted octanol–water partition coefficient (Wildman–Crippen LogP) is 4.33. The highest BCUT2D eigenvalue weighted by molar-refractivity contribution is 7.25. The molecule has 0 saturated carbocycles. The molecule has 0 spiro atoms. The summed E-state index contributed by atoms with van der Waals surface area (Å²) >= 11 is 1.55. The molecule has 1 aliphatic carbocycles. The zero-order chi connectivity index (χ0) is 20.9. The average Bonchev–Trinajstić information content (AvgIpc) is 3.40. The van der Waals surface area contributed by atoms with Gasteiger partial charge < -0.3 is 10.1 Å². The van der Waals surface area contributed by atoms with Crippen LogP contribution in [0.25, 0.3) is 20.3 Å². The third kappa shape index (κ3) is 3.00. The maximum Gasteiger partial charge on any atom is 0.271 e. The van der Waals surface area contributed by atoms with Gasteiger partial charge in [0.2, 0.25) is 0 Å². The van der Waals surface area contributed by atoms with Crippen LogP contribution < -0.4 is 15.6 Å². The molecule has 1 saturated heterocycles. The first kappa shape index (κ1) is 19.0. The van der Waals surface area contributed by atoms with E-state index < -0.39 is 0 Å². The Kier molecular flexibility index (Phi) is 4.58. The monoisotopic (exact) mass is 431 g/mol. The number of methoxy groups -OCH3 is 1. The van der Waals surface area contributed by atoms with Crippen molar-refractivity contribution in [1.82, 2.24) is 14.9 Å². The van der Waals surface area contributed by atoms with Crippen LogP contribution in [0.3, 0.4) is 0 Å². The zero-order valence-corrected chi connectivity index (χ0v) is 18.3. The van der Waals surface area contributed by atoms with Crippen molar-refractivity contribution in [3.8, 4) is 5.75 Å². The number of benzene rings is 2. The third-order valence-electron chi connectivity index (χ3n) is 7.13. The summed E-state index contributed by atoms with van der Waals surface area (Å²) in [6.07, 6.45) is 4.92. The summed E-state index contributed by atoms with van der Waals surface area (Å²) in [6.45, 7) is 1.73. The second-order valence-corrected chi connectivity index (χ2v) is 9.73. The number of rotatable bonds is 4. The van der Waals surface area contributed by atoms with E-state index in [9.17, 15) is 4.79 Å². The maximum atomic E-state index is 13.2. The molecule has 158 valence electrons. The number of aromatic nitrogens is 2. The van der Waals surface area contributed by atoms with Gasteiger partial charge in [-0.1, -0.05) is 30.3 Å². The fourth-order valence-electron chi connectivity index (χ4n) is 5.66. The lowest BCUT2D eigenvalue weighted by molar-refractivity contribution is 0.371. The van der Waals surface area contributed by atoms with Crippen LogP contribution in [0.1, 0.15) is 29.9 Å². The van der Waals surface area contributed by atoms with Gasteiger partial charge in [-0.2, -0.15) is 0 Å². The number of nitrogens with one attached hydrogen (secondary N) is 1. The van der Waals surface area contributed by atoms with Gasteiger partial charge in [0.05, 0.1) is 19.0 Å². The van der Waals surface area contributed by atoms with Crippen molar-refractivity contribution in [2.24, 2.45) is 5.92 Å². The number of nitrogens with zero attached hydrogens (tertiary/aromatic N) is 2. The van der Waals surface area contributed by atoms with Gasteiger partial charge in [-0.25, -0.2) is 4.98 Å². The highest BCUT2D eigenvalue weighted by Crippen LogP contribution is 2.45. The van der Waals surface area contributed by atoms with E-state index in [1.807, 2.05) is 18.2 Å². The molecule has 3 atom stereocenters. The molecule has 1 aliphatic heterocycles. The first-order chi connectivity index (χ1) is 15.2. The van der Waals surface area contributed by atoms with E-state index in [1.165, 1.54) is 17.5 Å². The Morgan fingerprint density at radius 2 is 2.13 bits per heavy atom. The van der Waals surface area contributed by atoms with E-state index in [-0.39, 0.29) is 5.56 Å². The van der Waals surface area contributed by atoms with Crippen molar-refractivity contribution in [3.05, 3.63) is 70.3 Å². The standard InChI is InChI=1S/C25H25N3O2S/c1-30-20-7-4-6-17-16(20)10-9-15-13-26-19(22(15)17)11-12-28-14-27-23-18-5-2-3-8-21(18)31-24(23)25(28)29/h2-8,14-15,19,22,26H,9-13H2,1H3/t15-,19?,22-/m1/s1. The average molecular weight is 432 g/mol. The largest absolute Gasteiger partial charge is 0.496 e. The quantitative estimate of drug-likeness (QED) is 0.523. The second-order valence-electron chi connectivity index (χ2n) is 8.68. The van der Waals surface area contributed by atoms with Gasteiger partial charge in [0.1, 0.15) is 10.4 Å². The molecular weight excluding hydrogens is 406 g/mol. The Balaban J connectivity index is 1.29. The van der Waals surface area contributed by atoms with Crippen LogP contribution in [0.5, 0.6) is 5.75 Å². The molecule has 1 N–H and O–H groups in total. The summed E-state index contributed by atoms with van der Waals surface area (Å²) in [6, 6.07) is 14.9. The van der Waals surface area contributed by atoms with Crippen LogP contribution in [0.15, 0.2) is 53.6 Å². The van der Waals surface area contributed by atoms with Crippen molar-refractivity contribution >= 4 is 31.6 Å². The number of aryl methyl sites for hydroxylation is 1. The minimum absolute atomic E-state index is 0.0754. The van der Waals surface area contributed by atoms with Gasteiger partial charge in [-0.3, -0.25) is 9.36 Å². The maximum absolute atomic E-state index is 13.2. The molecule has 4 aromatic rings. The SMILES string of the molecule is COc1cccc2c1CC[C@@H]1CNC(CCn3cnc4c(sc5ccccc54)c3=O)[C@@H]21. The van der Waals surface area contributed by atoms with Gasteiger partial charge in [-0.05, 0) is 55.0 Å². The summed E-state index contributed by atoms with van der Waals surface area (Å²) in [5.41, 5.74) is 3.70. The minimum atomic E-state index is 0.0754. The summed E-state index contributed by atoms with van der Waals surface area (Å²) < 4.78 is 9.30. The lowest BCUT2D eigenvalue weighted by Crippen LogP contribution is -2.31. The minimum Gasteiger partial charge on any atom is -0.496 e.